The Kier molecular flexibility index (Phi) is 10.3. The number of unbranched alkanes of at least 4 members (excludes halogenated alkanes) is 1. The monoisotopic (exact) mass is 312 g/mol. The number of hydrogen-bond acceptors (Lipinski definition) is 3. The minimum Gasteiger partial charge on any atom is -0.346 e. The molecular formula is C18H36N2O2. The average Bonchev–Trinajstić information content (AvgIpc) is 2.86. The first-order valence-electron chi connectivity index (χ1n) is 8.70. The summed E-state index contributed by atoms with van der Waals surface area (Å²) in [4.78, 5) is 26.4. The van der Waals surface area contributed by atoms with E-state index in [1.165, 1.54) is 6.42 Å². The van der Waals surface area contributed by atoms with Gasteiger partial charge in [0, 0.05) is 38.4 Å². The number of carbonyl (C=O) groups is 2. The predicted molar refractivity (Wildman–Crippen MR) is 93.0 cm³/mol. The van der Waals surface area contributed by atoms with Gasteiger partial charge < -0.3 is 9.80 Å². The lowest BCUT2D eigenvalue weighted by atomic mass is 9.81. The highest BCUT2D eigenvalue weighted by Crippen LogP contribution is 2.25. The summed E-state index contributed by atoms with van der Waals surface area (Å²) in [5, 5.41) is 0. The number of Topliss-reactive ketones (excluding diaryl/α,β-unsaturated/α-hetero) is 1. The first kappa shape index (κ1) is 21.1. The molecule has 0 aromatic carbocycles. The van der Waals surface area contributed by atoms with Crippen molar-refractivity contribution >= 4 is 11.7 Å². The standard InChI is InChI=1S/C13H27NO.C5H9NO/c1-6-8-10-13(3,4)12(15)9-11-14(5)7-2;1-6-4-2-3-5(6)7/h6-11H2,1-5H3;2-4H2,1H3. The van der Waals surface area contributed by atoms with Crippen molar-refractivity contribution in [3.8, 4) is 0 Å². The molecule has 1 rings (SSSR count). The Morgan fingerprint density at radius 1 is 1.32 bits per heavy atom. The molecule has 0 aliphatic carbocycles. The minimum absolute atomic E-state index is 0.120. The topological polar surface area (TPSA) is 40.6 Å². The van der Waals surface area contributed by atoms with E-state index in [1.807, 2.05) is 7.05 Å². The second-order valence-corrected chi connectivity index (χ2v) is 6.98. The highest BCUT2D eigenvalue weighted by molar-refractivity contribution is 5.84. The van der Waals surface area contributed by atoms with Crippen molar-refractivity contribution in [3.63, 3.8) is 0 Å². The third-order valence-electron chi connectivity index (χ3n) is 4.48. The van der Waals surface area contributed by atoms with Crippen LogP contribution in [0.15, 0.2) is 0 Å². The van der Waals surface area contributed by atoms with Crippen molar-refractivity contribution < 1.29 is 9.59 Å². The molecule has 1 fully saturated rings. The number of likely N-dealkylation sites (tertiary alicyclic amines) is 1. The van der Waals surface area contributed by atoms with Crippen LogP contribution < -0.4 is 0 Å². The Labute approximate surface area is 137 Å². The lowest BCUT2D eigenvalue weighted by molar-refractivity contribution is -0.128. The van der Waals surface area contributed by atoms with Crippen LogP contribution in [0.1, 0.15) is 66.2 Å². The van der Waals surface area contributed by atoms with E-state index in [4.69, 9.17) is 0 Å². The number of carbonyl (C=O) groups excluding carboxylic acids is 2. The fourth-order valence-electron chi connectivity index (χ4n) is 2.33. The number of nitrogens with zero attached hydrogens (tertiary/aromatic N) is 2. The van der Waals surface area contributed by atoms with Crippen molar-refractivity contribution in [2.24, 2.45) is 5.41 Å². The molecule has 1 saturated heterocycles. The van der Waals surface area contributed by atoms with Gasteiger partial charge in [0.25, 0.3) is 0 Å². The molecule has 1 aliphatic heterocycles. The Bertz CT molecular complexity index is 340. The van der Waals surface area contributed by atoms with Gasteiger partial charge in [-0.3, -0.25) is 9.59 Å². The van der Waals surface area contributed by atoms with Crippen LogP contribution >= 0.6 is 0 Å². The summed E-state index contributed by atoms with van der Waals surface area (Å²) in [5.74, 6) is 0.705. The third kappa shape index (κ3) is 8.52. The van der Waals surface area contributed by atoms with E-state index in [0.717, 1.165) is 45.3 Å². The van der Waals surface area contributed by atoms with E-state index in [-0.39, 0.29) is 5.41 Å². The molecule has 0 aromatic rings. The van der Waals surface area contributed by atoms with Crippen molar-refractivity contribution in [3.05, 3.63) is 0 Å². The first-order chi connectivity index (χ1) is 10.2. The van der Waals surface area contributed by atoms with Gasteiger partial charge in [-0.15, -0.1) is 0 Å². The molecule has 1 amide bonds. The zero-order valence-electron chi connectivity index (χ0n) is 15.6. The van der Waals surface area contributed by atoms with Crippen molar-refractivity contribution in [1.82, 2.24) is 9.80 Å². The highest BCUT2D eigenvalue weighted by atomic mass is 16.2. The number of hydrogen-bond donors (Lipinski definition) is 0. The molecule has 4 nitrogen and oxygen atoms in total. The van der Waals surface area contributed by atoms with E-state index < -0.39 is 0 Å². The molecule has 22 heavy (non-hydrogen) atoms. The Morgan fingerprint density at radius 2 is 1.95 bits per heavy atom. The average molecular weight is 312 g/mol. The molecular weight excluding hydrogens is 276 g/mol. The second kappa shape index (κ2) is 10.8. The normalized spacial score (nSPS) is 15.0. The zero-order chi connectivity index (χ0) is 17.2. The van der Waals surface area contributed by atoms with E-state index in [9.17, 15) is 9.59 Å². The van der Waals surface area contributed by atoms with Crippen LogP contribution in [0.2, 0.25) is 0 Å². The summed E-state index contributed by atoms with van der Waals surface area (Å²) in [5.41, 5.74) is -0.120. The molecule has 0 saturated carbocycles. The van der Waals surface area contributed by atoms with Crippen LogP contribution in [0.4, 0.5) is 0 Å². The Morgan fingerprint density at radius 3 is 2.32 bits per heavy atom. The molecule has 0 unspecified atom stereocenters. The van der Waals surface area contributed by atoms with Crippen LogP contribution in [0.25, 0.3) is 0 Å². The van der Waals surface area contributed by atoms with E-state index in [0.29, 0.717) is 18.1 Å². The number of amides is 1. The van der Waals surface area contributed by atoms with Gasteiger partial charge >= 0.3 is 0 Å². The van der Waals surface area contributed by atoms with Gasteiger partial charge in [0.15, 0.2) is 0 Å². The lowest BCUT2D eigenvalue weighted by Gasteiger charge is -2.24. The van der Waals surface area contributed by atoms with E-state index in [1.54, 1.807) is 4.90 Å². The van der Waals surface area contributed by atoms with Crippen molar-refractivity contribution in [2.45, 2.75) is 66.2 Å². The van der Waals surface area contributed by atoms with Crippen LogP contribution in [0.3, 0.4) is 0 Å². The summed E-state index contributed by atoms with van der Waals surface area (Å²) < 4.78 is 0. The van der Waals surface area contributed by atoms with Gasteiger partial charge in [0.2, 0.25) is 5.91 Å². The summed E-state index contributed by atoms with van der Waals surface area (Å²) in [6, 6.07) is 0. The maximum absolute atomic E-state index is 12.0. The molecule has 1 heterocycles. The zero-order valence-corrected chi connectivity index (χ0v) is 15.6. The van der Waals surface area contributed by atoms with Crippen LogP contribution in [0, 0.1) is 5.41 Å². The molecule has 0 N–H and O–H groups in total. The summed E-state index contributed by atoms with van der Waals surface area (Å²) in [7, 11) is 3.90. The van der Waals surface area contributed by atoms with Gasteiger partial charge in [0.05, 0.1) is 0 Å². The van der Waals surface area contributed by atoms with Gasteiger partial charge in [0.1, 0.15) is 5.78 Å². The maximum atomic E-state index is 12.0. The maximum Gasteiger partial charge on any atom is 0.222 e. The Hall–Kier alpha value is -0.900. The van der Waals surface area contributed by atoms with Crippen LogP contribution in [0.5, 0.6) is 0 Å². The van der Waals surface area contributed by atoms with Crippen molar-refractivity contribution in [1.29, 1.82) is 0 Å². The highest BCUT2D eigenvalue weighted by Gasteiger charge is 2.25. The Balaban J connectivity index is 0.000000518. The summed E-state index contributed by atoms with van der Waals surface area (Å²) in [6.45, 7) is 11.3. The quantitative estimate of drug-likeness (QED) is 0.690. The molecule has 4 heteroatoms. The fourth-order valence-corrected chi connectivity index (χ4v) is 2.33. The van der Waals surface area contributed by atoms with Crippen LogP contribution in [-0.4, -0.2) is 55.2 Å². The number of rotatable bonds is 8. The molecule has 130 valence electrons. The minimum atomic E-state index is -0.120. The van der Waals surface area contributed by atoms with Gasteiger partial charge in [-0.2, -0.15) is 0 Å². The molecule has 0 bridgehead atoms. The molecule has 0 spiro atoms. The molecule has 1 aliphatic rings. The molecule has 0 atom stereocenters. The SMILES string of the molecule is CCCCC(C)(C)C(=O)CCN(C)CC.CN1CCCC1=O. The molecule has 0 radical (unpaired) electrons. The van der Waals surface area contributed by atoms with Crippen LogP contribution in [-0.2, 0) is 9.59 Å². The lowest BCUT2D eigenvalue weighted by Crippen LogP contribution is -2.29. The van der Waals surface area contributed by atoms with Gasteiger partial charge in [-0.05, 0) is 26.4 Å². The van der Waals surface area contributed by atoms with E-state index in [2.05, 4.69) is 39.6 Å². The third-order valence-corrected chi connectivity index (χ3v) is 4.48. The van der Waals surface area contributed by atoms with E-state index >= 15 is 0 Å². The second-order valence-electron chi connectivity index (χ2n) is 6.98. The van der Waals surface area contributed by atoms with Crippen molar-refractivity contribution in [2.75, 3.05) is 33.7 Å². The smallest absolute Gasteiger partial charge is 0.222 e. The summed E-state index contributed by atoms with van der Waals surface area (Å²) in [6.07, 6.45) is 5.86. The fraction of sp³-hybridized carbons (Fsp3) is 0.889. The van der Waals surface area contributed by atoms with Gasteiger partial charge in [-0.25, -0.2) is 0 Å². The first-order valence-corrected chi connectivity index (χ1v) is 8.70. The largest absolute Gasteiger partial charge is 0.346 e. The predicted octanol–water partition coefficient (Wildman–Crippen LogP) is 3.35. The van der Waals surface area contributed by atoms with Gasteiger partial charge in [-0.1, -0.05) is 40.5 Å². The number of ketones is 1. The summed E-state index contributed by atoms with van der Waals surface area (Å²) >= 11 is 0. The molecule has 0 aromatic heterocycles.